The van der Waals surface area contributed by atoms with Crippen LogP contribution in [0.1, 0.15) is 11.4 Å². The Labute approximate surface area is 106 Å². The lowest BCUT2D eigenvalue weighted by Gasteiger charge is -1.93. The molecule has 0 bridgehead atoms. The zero-order valence-electron chi connectivity index (χ0n) is 9.43. The third-order valence-corrected chi connectivity index (χ3v) is 3.39. The average Bonchev–Trinajstić information content (AvgIpc) is 2.93. The van der Waals surface area contributed by atoms with E-state index in [0.717, 1.165) is 18.7 Å². The minimum atomic E-state index is -0.285. The van der Waals surface area contributed by atoms with E-state index in [9.17, 15) is 4.79 Å². The fourth-order valence-corrected chi connectivity index (χ4v) is 2.49. The summed E-state index contributed by atoms with van der Waals surface area (Å²) in [7, 11) is 0. The lowest BCUT2D eigenvalue weighted by Crippen LogP contribution is -2.10. The van der Waals surface area contributed by atoms with Gasteiger partial charge in [-0.2, -0.15) is 16.3 Å². The minimum Gasteiger partial charge on any atom is -0.369 e. The number of hydrogen-bond donors (Lipinski definition) is 3. The Hall–Kier alpha value is -2.15. The zero-order valence-corrected chi connectivity index (χ0v) is 10.3. The number of rotatable bonds is 3. The van der Waals surface area contributed by atoms with Crippen LogP contribution in [0.5, 0.6) is 0 Å². The number of aromatic amines is 2. The highest BCUT2D eigenvalue weighted by Crippen LogP contribution is 2.11. The lowest BCUT2D eigenvalue weighted by molar-refractivity contribution is 0.892. The monoisotopic (exact) mass is 261 g/mol. The Balaban J connectivity index is 1.89. The summed E-state index contributed by atoms with van der Waals surface area (Å²) in [4.78, 5) is 25.3. The van der Waals surface area contributed by atoms with Gasteiger partial charge in [-0.25, -0.2) is 4.98 Å². The van der Waals surface area contributed by atoms with Crippen LogP contribution in [0.2, 0.25) is 0 Å². The van der Waals surface area contributed by atoms with Gasteiger partial charge < -0.3 is 10.7 Å². The second-order valence-corrected chi connectivity index (χ2v) is 4.74. The standard InChI is InChI=1S/C11H11N5OS/c12-11-15-9-8(10(17)16-11)13-7(14-9)2-1-6-3-4-18-5-6/h3-5H,1-2H2,(H4,12,13,14,15,16,17). The van der Waals surface area contributed by atoms with Crippen molar-refractivity contribution in [3.05, 3.63) is 38.6 Å². The lowest BCUT2D eigenvalue weighted by atomic mass is 10.2. The van der Waals surface area contributed by atoms with Gasteiger partial charge in [0.2, 0.25) is 5.95 Å². The molecule has 4 N–H and O–H groups in total. The smallest absolute Gasteiger partial charge is 0.278 e. The van der Waals surface area contributed by atoms with Crippen molar-refractivity contribution in [2.75, 3.05) is 5.73 Å². The van der Waals surface area contributed by atoms with Gasteiger partial charge in [0.15, 0.2) is 11.2 Å². The van der Waals surface area contributed by atoms with Crippen molar-refractivity contribution >= 4 is 28.4 Å². The molecule has 0 saturated heterocycles. The van der Waals surface area contributed by atoms with E-state index in [0.29, 0.717) is 11.2 Å². The van der Waals surface area contributed by atoms with Gasteiger partial charge in [0.05, 0.1) is 0 Å². The van der Waals surface area contributed by atoms with Crippen LogP contribution < -0.4 is 11.3 Å². The van der Waals surface area contributed by atoms with Crippen LogP contribution in [0.25, 0.3) is 11.2 Å². The number of thiophene rings is 1. The Morgan fingerprint density at radius 3 is 2.94 bits per heavy atom. The van der Waals surface area contributed by atoms with Crippen molar-refractivity contribution in [3.8, 4) is 0 Å². The first kappa shape index (κ1) is 11.0. The third kappa shape index (κ3) is 2.00. The summed E-state index contributed by atoms with van der Waals surface area (Å²) in [5.74, 6) is 0.836. The first-order valence-corrected chi connectivity index (χ1v) is 6.42. The van der Waals surface area contributed by atoms with Gasteiger partial charge in [-0.15, -0.1) is 0 Å². The van der Waals surface area contributed by atoms with Gasteiger partial charge in [-0.1, -0.05) is 0 Å². The van der Waals surface area contributed by atoms with Crippen LogP contribution in [0.4, 0.5) is 5.95 Å². The minimum absolute atomic E-state index is 0.0865. The van der Waals surface area contributed by atoms with Crippen molar-refractivity contribution in [2.24, 2.45) is 0 Å². The van der Waals surface area contributed by atoms with E-state index < -0.39 is 0 Å². The first-order chi connectivity index (χ1) is 8.72. The fraction of sp³-hybridized carbons (Fsp3) is 0.182. The molecule has 7 heteroatoms. The van der Waals surface area contributed by atoms with Crippen LogP contribution in [-0.2, 0) is 12.8 Å². The van der Waals surface area contributed by atoms with E-state index in [-0.39, 0.29) is 11.5 Å². The molecule has 0 aliphatic rings. The van der Waals surface area contributed by atoms with Crippen molar-refractivity contribution in [2.45, 2.75) is 12.8 Å². The number of aromatic nitrogens is 4. The quantitative estimate of drug-likeness (QED) is 0.656. The van der Waals surface area contributed by atoms with Crippen LogP contribution in [0.15, 0.2) is 21.6 Å². The molecule has 0 spiro atoms. The molecular formula is C11H11N5OS. The Morgan fingerprint density at radius 2 is 2.17 bits per heavy atom. The molecular weight excluding hydrogens is 250 g/mol. The van der Waals surface area contributed by atoms with E-state index in [4.69, 9.17) is 5.73 Å². The molecule has 0 saturated carbocycles. The summed E-state index contributed by atoms with van der Waals surface area (Å²) in [6.07, 6.45) is 1.63. The summed E-state index contributed by atoms with van der Waals surface area (Å²) in [6, 6.07) is 2.08. The second kappa shape index (κ2) is 4.26. The highest BCUT2D eigenvalue weighted by atomic mass is 32.1. The maximum atomic E-state index is 11.6. The highest BCUT2D eigenvalue weighted by Gasteiger charge is 2.08. The Kier molecular flexibility index (Phi) is 2.60. The normalized spacial score (nSPS) is 11.1. The topological polar surface area (TPSA) is 100 Å². The summed E-state index contributed by atoms with van der Waals surface area (Å²) >= 11 is 1.67. The van der Waals surface area contributed by atoms with Gasteiger partial charge in [0.25, 0.3) is 5.56 Å². The number of nitrogens with zero attached hydrogens (tertiary/aromatic N) is 2. The maximum Gasteiger partial charge on any atom is 0.278 e. The van der Waals surface area contributed by atoms with Crippen LogP contribution in [-0.4, -0.2) is 19.9 Å². The van der Waals surface area contributed by atoms with Gasteiger partial charge in [0, 0.05) is 6.42 Å². The summed E-state index contributed by atoms with van der Waals surface area (Å²) < 4.78 is 0. The number of aryl methyl sites for hydroxylation is 2. The van der Waals surface area contributed by atoms with Gasteiger partial charge in [-0.3, -0.25) is 9.78 Å². The van der Waals surface area contributed by atoms with Crippen LogP contribution in [0, 0.1) is 0 Å². The molecule has 3 aromatic rings. The van der Waals surface area contributed by atoms with E-state index in [1.807, 2.05) is 5.38 Å². The van der Waals surface area contributed by atoms with Crippen LogP contribution >= 0.6 is 11.3 Å². The molecule has 3 aromatic heterocycles. The van der Waals surface area contributed by atoms with Gasteiger partial charge in [0.1, 0.15) is 5.82 Å². The summed E-state index contributed by atoms with van der Waals surface area (Å²) in [6.45, 7) is 0. The SMILES string of the molecule is Nc1nc2nc(CCc3ccsc3)[nH]c2c(=O)[nH]1. The van der Waals surface area contributed by atoms with Crippen molar-refractivity contribution in [1.82, 2.24) is 19.9 Å². The summed E-state index contributed by atoms with van der Waals surface area (Å²) in [5.41, 5.74) is 7.20. The molecule has 6 nitrogen and oxygen atoms in total. The molecule has 0 aliphatic carbocycles. The number of fused-ring (bicyclic) bond motifs is 1. The van der Waals surface area contributed by atoms with E-state index in [1.54, 1.807) is 11.3 Å². The molecule has 0 amide bonds. The number of imidazole rings is 1. The number of anilines is 1. The number of nitrogen functional groups attached to an aromatic ring is 1. The van der Waals surface area contributed by atoms with Gasteiger partial charge in [-0.05, 0) is 28.8 Å². The van der Waals surface area contributed by atoms with Gasteiger partial charge >= 0.3 is 0 Å². The zero-order chi connectivity index (χ0) is 12.5. The largest absolute Gasteiger partial charge is 0.369 e. The molecule has 3 rings (SSSR count). The molecule has 0 atom stereocenters. The number of nitrogens with one attached hydrogen (secondary N) is 2. The molecule has 0 aliphatic heterocycles. The Bertz CT molecular complexity index is 728. The average molecular weight is 261 g/mol. The molecule has 0 fully saturated rings. The number of H-pyrrole nitrogens is 2. The van der Waals surface area contributed by atoms with Crippen molar-refractivity contribution < 1.29 is 0 Å². The molecule has 0 unspecified atom stereocenters. The van der Waals surface area contributed by atoms with Crippen LogP contribution in [0.3, 0.4) is 0 Å². The third-order valence-electron chi connectivity index (χ3n) is 2.66. The molecule has 0 radical (unpaired) electrons. The highest BCUT2D eigenvalue weighted by molar-refractivity contribution is 7.07. The molecule has 18 heavy (non-hydrogen) atoms. The van der Waals surface area contributed by atoms with E-state index >= 15 is 0 Å². The first-order valence-electron chi connectivity index (χ1n) is 5.48. The van der Waals surface area contributed by atoms with E-state index in [1.165, 1.54) is 5.56 Å². The Morgan fingerprint density at radius 1 is 1.28 bits per heavy atom. The number of hydrogen-bond acceptors (Lipinski definition) is 5. The number of nitrogens with two attached hydrogens (primary N) is 1. The van der Waals surface area contributed by atoms with Crippen molar-refractivity contribution in [1.29, 1.82) is 0 Å². The van der Waals surface area contributed by atoms with E-state index in [2.05, 4.69) is 31.4 Å². The second-order valence-electron chi connectivity index (χ2n) is 3.96. The predicted octanol–water partition coefficient (Wildman–Crippen LogP) is 1.08. The summed E-state index contributed by atoms with van der Waals surface area (Å²) in [5, 5.41) is 4.15. The molecule has 3 heterocycles. The predicted molar refractivity (Wildman–Crippen MR) is 70.6 cm³/mol. The molecule has 0 aromatic carbocycles. The van der Waals surface area contributed by atoms with Crippen molar-refractivity contribution in [3.63, 3.8) is 0 Å². The fourth-order valence-electron chi connectivity index (χ4n) is 1.79. The maximum absolute atomic E-state index is 11.6. The molecule has 92 valence electrons.